The van der Waals surface area contributed by atoms with Crippen LogP contribution in [-0.4, -0.2) is 48.4 Å². The lowest BCUT2D eigenvalue weighted by Gasteiger charge is -2.57. The molecule has 2 saturated heterocycles. The SMILES string of the molecule is c1cnc(N2CCC[C@H](CN[C@@H]3[C@@H]4CCO[C@@H]4C34CCCC4)C2)nc1. The highest BCUT2D eigenvalue weighted by Gasteiger charge is 2.64. The van der Waals surface area contributed by atoms with Gasteiger partial charge in [-0.25, -0.2) is 9.97 Å². The highest BCUT2D eigenvalue weighted by Crippen LogP contribution is 2.60. The summed E-state index contributed by atoms with van der Waals surface area (Å²) in [5.41, 5.74) is 0.470. The smallest absolute Gasteiger partial charge is 0.225 e. The first kappa shape index (κ1) is 16.0. The molecular weight excluding hydrogens is 312 g/mol. The lowest BCUT2D eigenvalue weighted by Crippen LogP contribution is -2.68. The van der Waals surface area contributed by atoms with Crippen molar-refractivity contribution in [2.75, 3.05) is 31.1 Å². The molecule has 1 N–H and O–H groups in total. The van der Waals surface area contributed by atoms with Crippen LogP contribution in [0.2, 0.25) is 0 Å². The molecule has 2 aliphatic carbocycles. The summed E-state index contributed by atoms with van der Waals surface area (Å²) >= 11 is 0. The Morgan fingerprint density at radius 1 is 1.16 bits per heavy atom. The number of ether oxygens (including phenoxy) is 1. The number of hydrogen-bond acceptors (Lipinski definition) is 5. The van der Waals surface area contributed by atoms with E-state index in [1.165, 1.54) is 44.9 Å². The van der Waals surface area contributed by atoms with E-state index in [0.29, 0.717) is 23.5 Å². The quantitative estimate of drug-likeness (QED) is 0.911. The minimum absolute atomic E-state index is 0.470. The molecule has 4 atom stereocenters. The predicted molar refractivity (Wildman–Crippen MR) is 97.5 cm³/mol. The van der Waals surface area contributed by atoms with Crippen molar-refractivity contribution in [1.82, 2.24) is 15.3 Å². The van der Waals surface area contributed by atoms with E-state index < -0.39 is 0 Å². The molecule has 3 heterocycles. The zero-order valence-corrected chi connectivity index (χ0v) is 15.1. The van der Waals surface area contributed by atoms with Crippen molar-refractivity contribution in [3.63, 3.8) is 0 Å². The van der Waals surface area contributed by atoms with Crippen LogP contribution in [0, 0.1) is 17.3 Å². The number of rotatable bonds is 4. The van der Waals surface area contributed by atoms with Gasteiger partial charge in [-0.3, -0.25) is 0 Å². The fourth-order valence-electron chi connectivity index (χ4n) is 6.17. The van der Waals surface area contributed by atoms with Crippen LogP contribution in [0.4, 0.5) is 5.95 Å². The lowest BCUT2D eigenvalue weighted by atomic mass is 9.54. The van der Waals surface area contributed by atoms with Crippen LogP contribution in [0.1, 0.15) is 44.9 Å². The van der Waals surface area contributed by atoms with Crippen LogP contribution in [0.15, 0.2) is 18.5 Å². The number of aromatic nitrogens is 2. The van der Waals surface area contributed by atoms with Crippen LogP contribution in [0.3, 0.4) is 0 Å². The summed E-state index contributed by atoms with van der Waals surface area (Å²) in [5, 5.41) is 4.02. The highest BCUT2D eigenvalue weighted by atomic mass is 16.5. The van der Waals surface area contributed by atoms with Gasteiger partial charge in [0.15, 0.2) is 0 Å². The zero-order chi connectivity index (χ0) is 16.7. The van der Waals surface area contributed by atoms with Crippen molar-refractivity contribution in [3.8, 4) is 0 Å². The third-order valence-electron chi connectivity index (χ3n) is 7.27. The van der Waals surface area contributed by atoms with Gasteiger partial charge in [-0.15, -0.1) is 0 Å². The normalized spacial score (nSPS) is 36.4. The molecule has 0 bridgehead atoms. The van der Waals surface area contributed by atoms with Crippen molar-refractivity contribution in [2.24, 2.45) is 17.3 Å². The van der Waals surface area contributed by atoms with Crippen LogP contribution in [-0.2, 0) is 4.74 Å². The first-order valence-electron chi connectivity index (χ1n) is 10.2. The molecule has 0 aromatic carbocycles. The van der Waals surface area contributed by atoms with E-state index in [9.17, 15) is 0 Å². The molecule has 1 aromatic heterocycles. The van der Waals surface area contributed by atoms with Crippen molar-refractivity contribution in [2.45, 2.75) is 57.1 Å². The van der Waals surface area contributed by atoms with E-state index >= 15 is 0 Å². The van der Waals surface area contributed by atoms with Gasteiger partial charge in [0.05, 0.1) is 6.10 Å². The zero-order valence-electron chi connectivity index (χ0n) is 15.1. The lowest BCUT2D eigenvalue weighted by molar-refractivity contribution is -0.131. The Labute approximate surface area is 150 Å². The van der Waals surface area contributed by atoms with E-state index in [4.69, 9.17) is 4.74 Å². The molecule has 5 nitrogen and oxygen atoms in total. The van der Waals surface area contributed by atoms with Crippen LogP contribution in [0.25, 0.3) is 0 Å². The van der Waals surface area contributed by atoms with Gasteiger partial charge in [-0.2, -0.15) is 0 Å². The van der Waals surface area contributed by atoms with Crippen molar-refractivity contribution < 1.29 is 4.74 Å². The minimum atomic E-state index is 0.470. The van der Waals surface area contributed by atoms with Gasteiger partial charge in [0.1, 0.15) is 0 Å². The van der Waals surface area contributed by atoms with E-state index in [1.54, 1.807) is 0 Å². The summed E-state index contributed by atoms with van der Waals surface area (Å²) in [7, 11) is 0. The molecule has 5 rings (SSSR count). The van der Waals surface area contributed by atoms with Crippen molar-refractivity contribution in [1.29, 1.82) is 0 Å². The molecule has 2 saturated carbocycles. The number of fused-ring (bicyclic) bond motifs is 2. The Morgan fingerprint density at radius 3 is 2.84 bits per heavy atom. The molecule has 4 aliphatic rings. The summed E-state index contributed by atoms with van der Waals surface area (Å²) in [6.07, 6.45) is 13.6. The molecule has 0 unspecified atom stereocenters. The molecule has 5 heteroatoms. The predicted octanol–water partition coefficient (Wildman–Crippen LogP) is 2.63. The Bertz CT molecular complexity index is 589. The molecule has 0 radical (unpaired) electrons. The van der Waals surface area contributed by atoms with Gasteiger partial charge < -0.3 is 15.0 Å². The fraction of sp³-hybridized carbons (Fsp3) is 0.800. The van der Waals surface area contributed by atoms with E-state index in [1.807, 2.05) is 18.5 Å². The molecule has 2 aliphatic heterocycles. The second-order valence-electron chi connectivity index (χ2n) is 8.57. The maximum atomic E-state index is 6.12. The summed E-state index contributed by atoms with van der Waals surface area (Å²) in [6, 6.07) is 2.59. The second kappa shape index (κ2) is 6.51. The Balaban J connectivity index is 1.21. The Kier molecular flexibility index (Phi) is 4.17. The van der Waals surface area contributed by atoms with Gasteiger partial charge in [0, 0.05) is 49.5 Å². The van der Waals surface area contributed by atoms with Crippen LogP contribution >= 0.6 is 0 Å². The third-order valence-corrected chi connectivity index (χ3v) is 7.27. The summed E-state index contributed by atoms with van der Waals surface area (Å²) < 4.78 is 6.12. The largest absolute Gasteiger partial charge is 0.377 e. The second-order valence-corrected chi connectivity index (χ2v) is 8.57. The average molecular weight is 342 g/mol. The van der Waals surface area contributed by atoms with E-state index in [-0.39, 0.29) is 0 Å². The van der Waals surface area contributed by atoms with E-state index in [0.717, 1.165) is 38.1 Å². The van der Waals surface area contributed by atoms with Crippen molar-refractivity contribution in [3.05, 3.63) is 18.5 Å². The Morgan fingerprint density at radius 2 is 2.00 bits per heavy atom. The molecular formula is C20H30N4O. The molecule has 136 valence electrons. The fourth-order valence-corrected chi connectivity index (χ4v) is 6.17. The highest BCUT2D eigenvalue weighted by molar-refractivity contribution is 5.29. The van der Waals surface area contributed by atoms with Gasteiger partial charge in [-0.1, -0.05) is 12.8 Å². The number of nitrogens with one attached hydrogen (secondary N) is 1. The first-order valence-corrected chi connectivity index (χ1v) is 10.2. The maximum Gasteiger partial charge on any atom is 0.225 e. The van der Waals surface area contributed by atoms with Crippen molar-refractivity contribution >= 4 is 5.95 Å². The van der Waals surface area contributed by atoms with Gasteiger partial charge >= 0.3 is 0 Å². The standard InChI is InChI=1S/C20H30N4O/c1-2-8-20(7-1)17(16-6-12-25-18(16)20)23-13-15-5-3-11-24(14-15)19-21-9-4-10-22-19/h4,9-10,15-18,23H,1-3,5-8,11-14H2/t15-,16+,17-,18+/m1/s1. The van der Waals surface area contributed by atoms with Crippen LogP contribution in [0.5, 0.6) is 0 Å². The topological polar surface area (TPSA) is 50.3 Å². The number of hydrogen-bond donors (Lipinski definition) is 1. The summed E-state index contributed by atoms with van der Waals surface area (Å²) in [4.78, 5) is 11.2. The number of anilines is 1. The minimum Gasteiger partial charge on any atom is -0.377 e. The number of piperidine rings is 1. The maximum absolute atomic E-state index is 6.12. The monoisotopic (exact) mass is 342 g/mol. The molecule has 1 aromatic rings. The molecule has 0 amide bonds. The first-order chi connectivity index (χ1) is 12.4. The number of nitrogens with zero attached hydrogens (tertiary/aromatic N) is 3. The average Bonchev–Trinajstić information content (AvgIpc) is 3.32. The van der Waals surface area contributed by atoms with E-state index in [2.05, 4.69) is 20.2 Å². The van der Waals surface area contributed by atoms with Gasteiger partial charge in [0.2, 0.25) is 5.95 Å². The molecule has 25 heavy (non-hydrogen) atoms. The molecule has 1 spiro atoms. The summed E-state index contributed by atoms with van der Waals surface area (Å²) in [6.45, 7) is 4.30. The van der Waals surface area contributed by atoms with Gasteiger partial charge in [0.25, 0.3) is 0 Å². The van der Waals surface area contributed by atoms with Gasteiger partial charge in [-0.05, 0) is 50.6 Å². The van der Waals surface area contributed by atoms with Crippen LogP contribution < -0.4 is 10.2 Å². The summed E-state index contributed by atoms with van der Waals surface area (Å²) in [5.74, 6) is 2.37. The third kappa shape index (κ3) is 2.67. The Hall–Kier alpha value is -1.20. The molecule has 4 fully saturated rings.